The molecule has 3 aromatic rings. The number of nitrogens with one attached hydrogen (secondary N) is 1. The lowest BCUT2D eigenvalue weighted by Gasteiger charge is -2.36. The van der Waals surface area contributed by atoms with E-state index in [4.69, 9.17) is 15.2 Å². The summed E-state index contributed by atoms with van der Waals surface area (Å²) < 4.78 is 10.7. The van der Waals surface area contributed by atoms with Gasteiger partial charge in [0.2, 0.25) is 11.8 Å². The number of amides is 5. The minimum Gasteiger partial charge on any atom is -0.399 e. The van der Waals surface area contributed by atoms with Crippen molar-refractivity contribution in [1.82, 2.24) is 14.7 Å². The first kappa shape index (κ1) is 61.6. The Hall–Kier alpha value is -6.98. The van der Waals surface area contributed by atoms with Gasteiger partial charge in [-0.3, -0.25) is 24.0 Å². The number of hydrogen-bond donors (Lipinski definition) is 2. The number of Topliss-reactive ketones (excluding diaryl/α,β-unsaturated/α-hetero) is 1. The van der Waals surface area contributed by atoms with Crippen LogP contribution in [0.2, 0.25) is 0 Å². The summed E-state index contributed by atoms with van der Waals surface area (Å²) in [6.07, 6.45) is 23.0. The topological polar surface area (TPSA) is 182 Å². The lowest BCUT2D eigenvalue weighted by Crippen LogP contribution is -2.45. The van der Waals surface area contributed by atoms with Gasteiger partial charge >= 0.3 is 0 Å². The second-order valence-electron chi connectivity index (χ2n) is 21.6. The first-order valence-electron chi connectivity index (χ1n) is 30.1. The van der Waals surface area contributed by atoms with Crippen LogP contribution in [0.4, 0.5) is 34.1 Å². The van der Waals surface area contributed by atoms with E-state index in [0.717, 1.165) is 169 Å². The van der Waals surface area contributed by atoms with Crippen molar-refractivity contribution in [1.29, 1.82) is 0 Å². The molecule has 7 heterocycles. The molecule has 7 aliphatic rings. The summed E-state index contributed by atoms with van der Waals surface area (Å²) in [5.74, 6) is 0.789. The summed E-state index contributed by atoms with van der Waals surface area (Å²) in [7, 11) is 0. The molecule has 5 amide bonds. The number of hydrogen-bond acceptors (Lipinski definition) is 12. The zero-order chi connectivity index (χ0) is 57.3. The van der Waals surface area contributed by atoms with E-state index in [1.807, 2.05) is 105 Å². The number of piperidine rings is 2. The van der Waals surface area contributed by atoms with Crippen LogP contribution in [0.5, 0.6) is 0 Å². The Labute approximate surface area is 481 Å². The normalized spacial score (nSPS) is 18.8. The average molecular weight is 1110 g/mol. The lowest BCUT2D eigenvalue weighted by atomic mass is 10.1. The van der Waals surface area contributed by atoms with Crippen LogP contribution in [-0.4, -0.2) is 142 Å². The molecule has 10 rings (SSSR count). The second-order valence-corrected chi connectivity index (χ2v) is 21.6. The van der Waals surface area contributed by atoms with Gasteiger partial charge in [-0.1, -0.05) is 57.8 Å². The number of likely N-dealkylation sites (tertiary alicyclic amines) is 1. The summed E-state index contributed by atoms with van der Waals surface area (Å²) in [5.41, 5.74) is 13.3. The van der Waals surface area contributed by atoms with Crippen LogP contribution in [-0.2, 0) is 38.2 Å². The average Bonchev–Trinajstić information content (AvgIpc) is 3.63. The van der Waals surface area contributed by atoms with Crippen molar-refractivity contribution in [3.63, 3.8) is 0 Å². The van der Waals surface area contributed by atoms with Crippen molar-refractivity contribution < 1.29 is 38.2 Å². The molecule has 17 heteroatoms. The van der Waals surface area contributed by atoms with Gasteiger partial charge in [-0.05, 0) is 144 Å². The van der Waals surface area contributed by atoms with Gasteiger partial charge in [-0.2, -0.15) is 0 Å². The smallest absolute Gasteiger partial charge is 0.274 e. The molecule has 0 radical (unpaired) electrons. The molecular weight excluding hydrogens is 1020 g/mol. The molecule has 81 heavy (non-hydrogen) atoms. The number of ether oxygens (including phenoxy) is 2. The van der Waals surface area contributed by atoms with Gasteiger partial charge in [0.05, 0.1) is 43.5 Å². The second kappa shape index (κ2) is 32.5. The molecule has 4 fully saturated rings. The Kier molecular flexibility index (Phi) is 24.7. The Morgan fingerprint density at radius 2 is 0.864 bits per heavy atom. The molecule has 4 saturated heterocycles. The predicted molar refractivity (Wildman–Crippen MR) is 323 cm³/mol. The van der Waals surface area contributed by atoms with Crippen LogP contribution in [0.15, 0.2) is 108 Å². The largest absolute Gasteiger partial charge is 0.399 e. The minimum absolute atomic E-state index is 0.0412. The van der Waals surface area contributed by atoms with Gasteiger partial charge in [0, 0.05) is 119 Å². The third kappa shape index (κ3) is 18.3. The highest BCUT2D eigenvalue weighted by Crippen LogP contribution is 2.30. The lowest BCUT2D eigenvalue weighted by molar-refractivity contribution is -0.120. The van der Waals surface area contributed by atoms with Crippen molar-refractivity contribution in [2.75, 3.05) is 123 Å². The molecule has 0 spiro atoms. The molecule has 0 bridgehead atoms. The highest BCUT2D eigenvalue weighted by Gasteiger charge is 2.31. The molecule has 0 aliphatic carbocycles. The first-order chi connectivity index (χ1) is 39.4. The number of ketones is 1. The van der Waals surface area contributed by atoms with E-state index in [1.165, 1.54) is 32.1 Å². The molecule has 0 unspecified atom stereocenters. The maximum atomic E-state index is 13.0. The Balaban J connectivity index is 0.000000165. The third-order valence-electron chi connectivity index (χ3n) is 15.5. The van der Waals surface area contributed by atoms with E-state index in [0.29, 0.717) is 57.3 Å². The molecule has 0 aromatic heterocycles. The molecule has 3 aromatic carbocycles. The number of rotatable bonds is 16. The van der Waals surface area contributed by atoms with Crippen molar-refractivity contribution in [2.24, 2.45) is 0 Å². The van der Waals surface area contributed by atoms with Crippen LogP contribution >= 0.6 is 0 Å². The number of nitrogens with two attached hydrogens (primary N) is 1. The van der Waals surface area contributed by atoms with Crippen LogP contribution in [0, 0.1) is 0 Å². The van der Waals surface area contributed by atoms with Crippen LogP contribution in [0.3, 0.4) is 0 Å². The quantitative estimate of drug-likeness (QED) is 0.103. The summed E-state index contributed by atoms with van der Waals surface area (Å²) >= 11 is 0. The zero-order valence-electron chi connectivity index (χ0n) is 48.6. The van der Waals surface area contributed by atoms with E-state index < -0.39 is 0 Å². The standard InChI is InChI=1S/C21H29N3O3.C21H27N3O2.C15H19N3O2.C7H14O/c1-2-3-4-7-20(25)22-17-8-10-18(11-9-17)24-12-5-6-19(21(24)26)23-13-15-27-16-14-23;25-20-8-2-5-15-23(20)17-9-11-18(12-10-17)24-16-6-7-19(21(24)26)22-13-3-1-4-14-22;16-12-3-5-13(6-4-12)18-7-1-2-14(15(18)19)17-8-10-20-11-9-17;1-3-4-5-6-7(2)8/h6,8-11H,2-5,7,12-16H2,1H3,(H,22,25);7,9-12H,1-6,8,13-16H2;2-6H,1,7-11,16H2;3-6H2,1-2H3. The zero-order valence-corrected chi connectivity index (χ0v) is 48.6. The molecular formula is C64H89N9O8. The fourth-order valence-corrected chi connectivity index (χ4v) is 10.9. The van der Waals surface area contributed by atoms with Gasteiger partial charge < -0.3 is 59.6 Å². The molecule has 438 valence electrons. The van der Waals surface area contributed by atoms with E-state index in [1.54, 1.807) is 6.92 Å². The number of carbonyl (C=O) groups excluding carboxylic acids is 6. The fraction of sp³-hybridized carbons (Fsp3) is 0.531. The summed E-state index contributed by atoms with van der Waals surface area (Å²) in [6.45, 7) is 16.6. The number of unbranched alkanes of at least 4 members (excludes halogenated alkanes) is 4. The van der Waals surface area contributed by atoms with Crippen LogP contribution in [0.1, 0.15) is 130 Å². The molecule has 7 aliphatic heterocycles. The highest BCUT2D eigenvalue weighted by atomic mass is 16.5. The van der Waals surface area contributed by atoms with Gasteiger partial charge in [0.15, 0.2) is 0 Å². The molecule has 0 atom stereocenters. The molecule has 0 saturated carbocycles. The first-order valence-corrected chi connectivity index (χ1v) is 30.1. The number of benzene rings is 3. The van der Waals surface area contributed by atoms with Gasteiger partial charge in [0.1, 0.15) is 5.78 Å². The highest BCUT2D eigenvalue weighted by molar-refractivity contribution is 6.08. The van der Waals surface area contributed by atoms with Crippen molar-refractivity contribution in [3.05, 3.63) is 108 Å². The van der Waals surface area contributed by atoms with E-state index in [-0.39, 0.29) is 29.5 Å². The summed E-state index contributed by atoms with van der Waals surface area (Å²) in [4.78, 5) is 86.8. The van der Waals surface area contributed by atoms with Crippen LogP contribution < -0.4 is 30.7 Å². The number of morpholine rings is 2. The number of nitrogen functional groups attached to an aromatic ring is 1. The fourth-order valence-electron chi connectivity index (χ4n) is 10.9. The third-order valence-corrected chi connectivity index (χ3v) is 15.5. The molecule has 17 nitrogen and oxygen atoms in total. The maximum Gasteiger partial charge on any atom is 0.274 e. The Morgan fingerprint density at radius 1 is 0.469 bits per heavy atom. The predicted octanol–water partition coefficient (Wildman–Crippen LogP) is 9.85. The van der Waals surface area contributed by atoms with E-state index in [9.17, 15) is 28.8 Å². The van der Waals surface area contributed by atoms with Crippen molar-refractivity contribution >= 4 is 69.4 Å². The van der Waals surface area contributed by atoms with Gasteiger partial charge in [-0.15, -0.1) is 0 Å². The van der Waals surface area contributed by atoms with Gasteiger partial charge in [0.25, 0.3) is 17.7 Å². The number of anilines is 6. The Bertz CT molecular complexity index is 2620. The van der Waals surface area contributed by atoms with E-state index >= 15 is 0 Å². The van der Waals surface area contributed by atoms with E-state index in [2.05, 4.69) is 39.9 Å². The van der Waals surface area contributed by atoms with Gasteiger partial charge in [-0.25, -0.2) is 0 Å². The maximum absolute atomic E-state index is 13.0. The summed E-state index contributed by atoms with van der Waals surface area (Å²) in [5, 5.41) is 2.93. The monoisotopic (exact) mass is 1110 g/mol. The number of carbonyl (C=O) groups is 6. The molecule has 3 N–H and O–H groups in total. The SMILES string of the molecule is CCCCCC(=O)Nc1ccc(N2CCC=C(N3CCOCC3)C2=O)cc1.CCCCCC(C)=O.Nc1ccc(N2CCC=C(N3CCOCC3)C2=O)cc1.O=C1CCCCN1c1ccc(N2CCC=C(N3CCCCC3)C2=O)cc1. The van der Waals surface area contributed by atoms with Crippen LogP contribution in [0.25, 0.3) is 0 Å². The van der Waals surface area contributed by atoms with Crippen molar-refractivity contribution in [2.45, 2.75) is 130 Å². The Morgan fingerprint density at radius 3 is 1.30 bits per heavy atom. The van der Waals surface area contributed by atoms with Crippen molar-refractivity contribution in [3.8, 4) is 0 Å². The minimum atomic E-state index is 0.0412. The summed E-state index contributed by atoms with van der Waals surface area (Å²) in [6, 6.07) is 22.9. The number of nitrogens with zero attached hydrogens (tertiary/aromatic N) is 7.